The van der Waals surface area contributed by atoms with Crippen LogP contribution in [-0.2, 0) is 9.53 Å². The van der Waals surface area contributed by atoms with Crippen LogP contribution in [0.2, 0.25) is 0 Å². The normalized spacial score (nSPS) is 11.8. The van der Waals surface area contributed by atoms with Gasteiger partial charge in [0.2, 0.25) is 0 Å². The Hall–Kier alpha value is -2.08. The number of methoxy groups -OCH3 is 1. The first-order chi connectivity index (χ1) is 8.56. The highest BCUT2D eigenvalue weighted by atomic mass is 16.5. The molecule has 1 unspecified atom stereocenters. The van der Waals surface area contributed by atoms with E-state index in [1.807, 2.05) is 0 Å². The highest BCUT2D eigenvalue weighted by Crippen LogP contribution is 2.16. The number of carbonyl (C=O) groups is 2. The number of nitrogens with one attached hydrogen (secondary N) is 1. The topological polar surface area (TPSA) is 102 Å². The summed E-state index contributed by atoms with van der Waals surface area (Å²) in [7, 11) is 1.50. The van der Waals surface area contributed by atoms with Crippen LogP contribution >= 0.6 is 0 Å². The zero-order valence-electron chi connectivity index (χ0n) is 10.1. The van der Waals surface area contributed by atoms with Crippen LogP contribution in [0.5, 0.6) is 0 Å². The molecule has 1 aromatic rings. The van der Waals surface area contributed by atoms with Gasteiger partial charge in [0.05, 0.1) is 5.56 Å². The quantitative estimate of drug-likeness (QED) is 0.662. The molecule has 4 N–H and O–H groups in total. The van der Waals surface area contributed by atoms with Crippen LogP contribution in [0.1, 0.15) is 16.8 Å². The van der Waals surface area contributed by atoms with Crippen molar-refractivity contribution in [2.24, 2.45) is 5.73 Å². The molecule has 0 heterocycles. The molecular weight excluding hydrogens is 236 g/mol. The Balaban J connectivity index is 2.86. The van der Waals surface area contributed by atoms with Crippen molar-refractivity contribution in [2.75, 3.05) is 19.0 Å². The van der Waals surface area contributed by atoms with Crippen LogP contribution in [-0.4, -0.2) is 36.7 Å². The van der Waals surface area contributed by atoms with Gasteiger partial charge in [-0.3, -0.25) is 4.79 Å². The van der Waals surface area contributed by atoms with Gasteiger partial charge in [-0.05, 0) is 12.1 Å². The lowest BCUT2D eigenvalue weighted by atomic mass is 10.1. The third-order valence-corrected chi connectivity index (χ3v) is 2.43. The Labute approximate surface area is 105 Å². The molecule has 0 radical (unpaired) electrons. The summed E-state index contributed by atoms with van der Waals surface area (Å²) in [5, 5.41) is 11.8. The first-order valence-electron chi connectivity index (χ1n) is 5.43. The maximum absolute atomic E-state index is 11.2. The average Bonchev–Trinajstić information content (AvgIpc) is 2.34. The number of aliphatic carboxylic acids is 1. The van der Waals surface area contributed by atoms with Gasteiger partial charge in [0.1, 0.15) is 6.04 Å². The minimum Gasteiger partial charge on any atom is -0.480 e. The Kier molecular flexibility index (Phi) is 5.13. The molecule has 98 valence electrons. The molecule has 1 rings (SSSR count). The molecule has 6 heteroatoms. The predicted molar refractivity (Wildman–Crippen MR) is 66.5 cm³/mol. The second-order valence-electron chi connectivity index (χ2n) is 3.73. The van der Waals surface area contributed by atoms with Crippen LogP contribution in [0, 0.1) is 0 Å². The number of para-hydroxylation sites is 1. The Morgan fingerprint density at radius 2 is 2.11 bits per heavy atom. The van der Waals surface area contributed by atoms with Gasteiger partial charge in [-0.2, -0.15) is 0 Å². The highest BCUT2D eigenvalue weighted by Gasteiger charge is 2.18. The van der Waals surface area contributed by atoms with E-state index in [2.05, 4.69) is 5.32 Å². The Morgan fingerprint density at radius 1 is 1.44 bits per heavy atom. The summed E-state index contributed by atoms with van der Waals surface area (Å²) in [6, 6.07) is 5.69. The van der Waals surface area contributed by atoms with E-state index in [0.717, 1.165) is 0 Å². The number of benzene rings is 1. The number of carboxylic acid groups (broad SMARTS) is 1. The SMILES string of the molecule is COCCC(Nc1ccccc1C(N)=O)C(=O)O. The van der Waals surface area contributed by atoms with Gasteiger partial charge >= 0.3 is 5.97 Å². The highest BCUT2D eigenvalue weighted by molar-refractivity contribution is 5.99. The fraction of sp³-hybridized carbons (Fsp3) is 0.333. The van der Waals surface area contributed by atoms with Crippen LogP contribution in [0.4, 0.5) is 5.69 Å². The predicted octanol–water partition coefficient (Wildman–Crippen LogP) is 0.687. The molecule has 0 saturated carbocycles. The van der Waals surface area contributed by atoms with Gasteiger partial charge in [-0.15, -0.1) is 0 Å². The maximum Gasteiger partial charge on any atom is 0.326 e. The van der Waals surface area contributed by atoms with Crippen LogP contribution < -0.4 is 11.1 Å². The van der Waals surface area contributed by atoms with E-state index >= 15 is 0 Å². The van der Waals surface area contributed by atoms with E-state index in [0.29, 0.717) is 18.7 Å². The molecule has 0 spiro atoms. The summed E-state index contributed by atoms with van der Waals surface area (Å²) in [6.07, 6.45) is 0.291. The second-order valence-corrected chi connectivity index (χ2v) is 3.73. The van der Waals surface area contributed by atoms with Crippen LogP contribution in [0.15, 0.2) is 24.3 Å². The van der Waals surface area contributed by atoms with Crippen molar-refractivity contribution in [3.8, 4) is 0 Å². The van der Waals surface area contributed by atoms with Crippen molar-refractivity contribution in [2.45, 2.75) is 12.5 Å². The standard InChI is InChI=1S/C12H16N2O4/c1-18-7-6-10(12(16)17)14-9-5-3-2-4-8(9)11(13)15/h2-5,10,14H,6-7H2,1H3,(H2,13,15)(H,16,17). The molecule has 1 aromatic carbocycles. The zero-order chi connectivity index (χ0) is 13.5. The molecule has 0 aromatic heterocycles. The molecule has 0 aliphatic heterocycles. The fourth-order valence-corrected chi connectivity index (χ4v) is 1.50. The number of carboxylic acids is 1. The lowest BCUT2D eigenvalue weighted by Gasteiger charge is -2.17. The van der Waals surface area contributed by atoms with Crippen LogP contribution in [0.25, 0.3) is 0 Å². The molecule has 0 bridgehead atoms. The van der Waals surface area contributed by atoms with E-state index < -0.39 is 17.9 Å². The van der Waals surface area contributed by atoms with Gasteiger partial charge in [0, 0.05) is 25.8 Å². The molecule has 18 heavy (non-hydrogen) atoms. The first-order valence-corrected chi connectivity index (χ1v) is 5.43. The van der Waals surface area contributed by atoms with Gasteiger partial charge in [0.15, 0.2) is 0 Å². The van der Waals surface area contributed by atoms with Gasteiger partial charge in [-0.1, -0.05) is 12.1 Å². The fourth-order valence-electron chi connectivity index (χ4n) is 1.50. The summed E-state index contributed by atoms with van der Waals surface area (Å²) in [4.78, 5) is 22.3. The smallest absolute Gasteiger partial charge is 0.326 e. The zero-order valence-corrected chi connectivity index (χ0v) is 10.1. The number of anilines is 1. The average molecular weight is 252 g/mol. The van der Waals surface area contributed by atoms with Gasteiger partial charge in [0.25, 0.3) is 5.91 Å². The van der Waals surface area contributed by atoms with Crippen molar-refractivity contribution in [1.82, 2.24) is 0 Å². The number of rotatable bonds is 7. The van der Waals surface area contributed by atoms with E-state index in [9.17, 15) is 9.59 Å². The van der Waals surface area contributed by atoms with Gasteiger partial charge in [-0.25, -0.2) is 4.79 Å². The summed E-state index contributed by atoms with van der Waals surface area (Å²) >= 11 is 0. The summed E-state index contributed by atoms with van der Waals surface area (Å²) < 4.78 is 4.84. The van der Waals surface area contributed by atoms with E-state index in [1.54, 1.807) is 24.3 Å². The number of carbonyl (C=O) groups excluding carboxylic acids is 1. The van der Waals surface area contributed by atoms with Crippen molar-refractivity contribution in [3.63, 3.8) is 0 Å². The molecular formula is C12H16N2O4. The number of nitrogens with two attached hydrogens (primary N) is 1. The molecule has 0 aliphatic rings. The third kappa shape index (κ3) is 3.74. The lowest BCUT2D eigenvalue weighted by Crippen LogP contribution is -2.31. The molecule has 1 atom stereocenters. The van der Waals surface area contributed by atoms with Crippen molar-refractivity contribution in [1.29, 1.82) is 0 Å². The third-order valence-electron chi connectivity index (χ3n) is 2.43. The largest absolute Gasteiger partial charge is 0.480 e. The Bertz CT molecular complexity index is 434. The number of hydrogen-bond acceptors (Lipinski definition) is 4. The minimum atomic E-state index is -1.01. The Morgan fingerprint density at radius 3 is 2.67 bits per heavy atom. The number of amides is 1. The molecule has 0 saturated heterocycles. The van der Waals surface area contributed by atoms with E-state index in [1.165, 1.54) is 7.11 Å². The molecule has 0 aliphatic carbocycles. The molecule has 6 nitrogen and oxygen atoms in total. The summed E-state index contributed by atoms with van der Waals surface area (Å²) in [6.45, 7) is 0.308. The summed E-state index contributed by atoms with van der Waals surface area (Å²) in [5.74, 6) is -1.61. The van der Waals surface area contributed by atoms with E-state index in [4.69, 9.17) is 15.6 Å². The van der Waals surface area contributed by atoms with Crippen molar-refractivity contribution in [3.05, 3.63) is 29.8 Å². The lowest BCUT2D eigenvalue weighted by molar-refractivity contribution is -0.138. The maximum atomic E-state index is 11.2. The van der Waals surface area contributed by atoms with E-state index in [-0.39, 0.29) is 5.56 Å². The summed E-state index contributed by atoms with van der Waals surface area (Å²) in [5.41, 5.74) is 5.89. The number of primary amides is 1. The molecule has 1 amide bonds. The van der Waals surface area contributed by atoms with Gasteiger partial charge < -0.3 is 20.9 Å². The first kappa shape index (κ1) is 14.0. The monoisotopic (exact) mass is 252 g/mol. The second kappa shape index (κ2) is 6.61. The minimum absolute atomic E-state index is 0.265. The van der Waals surface area contributed by atoms with Crippen LogP contribution in [0.3, 0.4) is 0 Å². The van der Waals surface area contributed by atoms with Crippen molar-refractivity contribution < 1.29 is 19.4 Å². The number of hydrogen-bond donors (Lipinski definition) is 3. The number of ether oxygens (including phenoxy) is 1. The molecule has 0 fully saturated rings. The van der Waals surface area contributed by atoms with Crippen molar-refractivity contribution >= 4 is 17.6 Å².